The van der Waals surface area contributed by atoms with Crippen LogP contribution in [-0.2, 0) is 0 Å². The van der Waals surface area contributed by atoms with E-state index in [9.17, 15) is 0 Å². The number of nitrogen functional groups attached to an aromatic ring is 1. The Morgan fingerprint density at radius 1 is 1.05 bits per heavy atom. The minimum absolute atomic E-state index is 0.0790. The summed E-state index contributed by atoms with van der Waals surface area (Å²) in [5.41, 5.74) is 8.38. The zero-order chi connectivity index (χ0) is 15.4. The molecule has 0 radical (unpaired) electrons. The molecule has 0 aliphatic heterocycles. The molecular formula is C16H19BrN2O2. The van der Waals surface area contributed by atoms with Gasteiger partial charge in [0.1, 0.15) is 11.5 Å². The summed E-state index contributed by atoms with van der Waals surface area (Å²) in [6.07, 6.45) is 0.0790. The first-order valence-corrected chi connectivity index (χ1v) is 7.45. The molecule has 0 fully saturated rings. The molecular weight excluding hydrogens is 332 g/mol. The Balaban J connectivity index is 2.23. The third-order valence-corrected chi connectivity index (χ3v) is 3.47. The molecule has 0 bridgehead atoms. The molecule has 2 aromatic carbocycles. The van der Waals surface area contributed by atoms with E-state index >= 15 is 0 Å². The van der Waals surface area contributed by atoms with Crippen molar-refractivity contribution in [2.24, 2.45) is 0 Å². The standard InChI is InChI=1S/C16H19BrN2O2/c1-10(2)21-16-9-12(5-7-14(16)18)19-11-4-6-13(17)15(8-11)20-3/h4-10,19H,18H2,1-3H3. The van der Waals surface area contributed by atoms with E-state index in [1.54, 1.807) is 7.11 Å². The van der Waals surface area contributed by atoms with Crippen molar-refractivity contribution in [3.63, 3.8) is 0 Å². The Morgan fingerprint density at radius 2 is 1.67 bits per heavy atom. The minimum Gasteiger partial charge on any atom is -0.495 e. The van der Waals surface area contributed by atoms with Gasteiger partial charge in [-0.3, -0.25) is 0 Å². The van der Waals surface area contributed by atoms with Crippen molar-refractivity contribution in [3.05, 3.63) is 40.9 Å². The third kappa shape index (κ3) is 4.04. The van der Waals surface area contributed by atoms with Gasteiger partial charge in [0, 0.05) is 23.5 Å². The Labute approximate surface area is 133 Å². The van der Waals surface area contributed by atoms with Gasteiger partial charge in [0.15, 0.2) is 0 Å². The number of hydrogen-bond donors (Lipinski definition) is 2. The summed E-state index contributed by atoms with van der Waals surface area (Å²) in [6, 6.07) is 11.5. The van der Waals surface area contributed by atoms with Crippen molar-refractivity contribution in [3.8, 4) is 11.5 Å². The highest BCUT2D eigenvalue weighted by Gasteiger charge is 2.06. The first kappa shape index (κ1) is 15.5. The zero-order valence-electron chi connectivity index (χ0n) is 12.3. The molecule has 0 amide bonds. The van der Waals surface area contributed by atoms with Crippen LogP contribution in [0.3, 0.4) is 0 Å². The summed E-state index contributed by atoms with van der Waals surface area (Å²) in [5, 5.41) is 3.31. The van der Waals surface area contributed by atoms with E-state index in [0.717, 1.165) is 21.6 Å². The van der Waals surface area contributed by atoms with Crippen LogP contribution in [-0.4, -0.2) is 13.2 Å². The number of rotatable bonds is 5. The van der Waals surface area contributed by atoms with Crippen LogP contribution in [0.4, 0.5) is 17.1 Å². The Morgan fingerprint density at radius 3 is 2.29 bits per heavy atom. The van der Waals surface area contributed by atoms with E-state index in [0.29, 0.717) is 11.4 Å². The van der Waals surface area contributed by atoms with Crippen molar-refractivity contribution < 1.29 is 9.47 Å². The number of nitrogens with one attached hydrogen (secondary N) is 1. The molecule has 2 aromatic rings. The zero-order valence-corrected chi connectivity index (χ0v) is 13.9. The first-order valence-electron chi connectivity index (χ1n) is 6.66. The lowest BCUT2D eigenvalue weighted by atomic mass is 10.2. The summed E-state index contributed by atoms with van der Waals surface area (Å²) < 4.78 is 11.9. The molecule has 0 unspecified atom stereocenters. The molecule has 0 atom stereocenters. The molecule has 0 aliphatic carbocycles. The van der Waals surface area contributed by atoms with Crippen LogP contribution in [0.1, 0.15) is 13.8 Å². The molecule has 112 valence electrons. The number of benzene rings is 2. The van der Waals surface area contributed by atoms with Crippen LogP contribution >= 0.6 is 15.9 Å². The lowest BCUT2D eigenvalue weighted by Crippen LogP contribution is -2.07. The van der Waals surface area contributed by atoms with Gasteiger partial charge in [-0.15, -0.1) is 0 Å². The Bertz CT molecular complexity index is 630. The van der Waals surface area contributed by atoms with E-state index in [4.69, 9.17) is 15.2 Å². The monoisotopic (exact) mass is 350 g/mol. The number of anilines is 3. The highest BCUT2D eigenvalue weighted by Crippen LogP contribution is 2.32. The number of hydrogen-bond acceptors (Lipinski definition) is 4. The molecule has 2 rings (SSSR count). The fourth-order valence-corrected chi connectivity index (χ4v) is 2.28. The van der Waals surface area contributed by atoms with Crippen LogP contribution in [0.2, 0.25) is 0 Å². The van der Waals surface area contributed by atoms with E-state index in [1.807, 2.05) is 50.2 Å². The van der Waals surface area contributed by atoms with Crippen molar-refractivity contribution in [1.29, 1.82) is 0 Å². The SMILES string of the molecule is COc1cc(Nc2ccc(N)c(OC(C)C)c2)ccc1Br. The van der Waals surface area contributed by atoms with Crippen LogP contribution in [0.25, 0.3) is 0 Å². The molecule has 0 saturated heterocycles. The van der Waals surface area contributed by atoms with Gasteiger partial charge in [-0.2, -0.15) is 0 Å². The summed E-state index contributed by atoms with van der Waals surface area (Å²) in [7, 11) is 1.64. The quantitative estimate of drug-likeness (QED) is 0.775. The maximum Gasteiger partial charge on any atom is 0.144 e. The van der Waals surface area contributed by atoms with Gasteiger partial charge >= 0.3 is 0 Å². The summed E-state index contributed by atoms with van der Waals surface area (Å²) in [4.78, 5) is 0. The lowest BCUT2D eigenvalue weighted by molar-refractivity contribution is 0.244. The van der Waals surface area contributed by atoms with Crippen LogP contribution in [0.5, 0.6) is 11.5 Å². The lowest BCUT2D eigenvalue weighted by Gasteiger charge is -2.15. The van der Waals surface area contributed by atoms with Crippen molar-refractivity contribution in [1.82, 2.24) is 0 Å². The number of nitrogens with two attached hydrogens (primary N) is 1. The molecule has 4 nitrogen and oxygen atoms in total. The molecule has 3 N–H and O–H groups in total. The van der Waals surface area contributed by atoms with Gasteiger partial charge in [0.2, 0.25) is 0 Å². The van der Waals surface area contributed by atoms with Gasteiger partial charge in [-0.25, -0.2) is 0 Å². The molecule has 0 aliphatic rings. The van der Waals surface area contributed by atoms with Crippen molar-refractivity contribution in [2.45, 2.75) is 20.0 Å². The summed E-state index contributed by atoms with van der Waals surface area (Å²) in [6.45, 7) is 3.94. The second-order valence-electron chi connectivity index (χ2n) is 4.89. The predicted octanol–water partition coefficient (Wildman–Crippen LogP) is 4.57. The molecule has 0 saturated carbocycles. The summed E-state index contributed by atoms with van der Waals surface area (Å²) >= 11 is 3.43. The number of ether oxygens (including phenoxy) is 2. The predicted molar refractivity (Wildman–Crippen MR) is 90.6 cm³/mol. The van der Waals surface area contributed by atoms with Crippen LogP contribution in [0.15, 0.2) is 40.9 Å². The highest BCUT2D eigenvalue weighted by atomic mass is 79.9. The molecule has 0 heterocycles. The Hall–Kier alpha value is -1.88. The smallest absolute Gasteiger partial charge is 0.144 e. The largest absolute Gasteiger partial charge is 0.495 e. The van der Waals surface area contributed by atoms with Crippen molar-refractivity contribution >= 4 is 33.0 Å². The van der Waals surface area contributed by atoms with Gasteiger partial charge in [0.25, 0.3) is 0 Å². The van der Waals surface area contributed by atoms with E-state index in [2.05, 4.69) is 21.2 Å². The van der Waals surface area contributed by atoms with Gasteiger partial charge < -0.3 is 20.5 Å². The van der Waals surface area contributed by atoms with Crippen LogP contribution < -0.4 is 20.5 Å². The second-order valence-corrected chi connectivity index (χ2v) is 5.75. The molecule has 0 aromatic heterocycles. The molecule has 5 heteroatoms. The van der Waals surface area contributed by atoms with E-state index in [1.165, 1.54) is 0 Å². The average Bonchev–Trinajstić information content (AvgIpc) is 2.44. The minimum atomic E-state index is 0.0790. The number of halogens is 1. The van der Waals surface area contributed by atoms with E-state index in [-0.39, 0.29) is 6.10 Å². The molecule has 0 spiro atoms. The van der Waals surface area contributed by atoms with Gasteiger partial charge in [0.05, 0.1) is 23.4 Å². The van der Waals surface area contributed by atoms with Gasteiger partial charge in [-0.05, 0) is 54.0 Å². The highest BCUT2D eigenvalue weighted by molar-refractivity contribution is 9.10. The summed E-state index contributed by atoms with van der Waals surface area (Å²) in [5.74, 6) is 1.45. The fraction of sp³-hybridized carbons (Fsp3) is 0.250. The third-order valence-electron chi connectivity index (χ3n) is 2.82. The average molecular weight is 351 g/mol. The molecule has 21 heavy (non-hydrogen) atoms. The van der Waals surface area contributed by atoms with E-state index < -0.39 is 0 Å². The first-order chi connectivity index (χ1) is 9.99. The van der Waals surface area contributed by atoms with Crippen LogP contribution in [0, 0.1) is 0 Å². The fourth-order valence-electron chi connectivity index (χ4n) is 1.87. The maximum atomic E-state index is 5.92. The Kier molecular flexibility index (Phi) is 4.96. The normalized spacial score (nSPS) is 10.5. The van der Waals surface area contributed by atoms with Crippen molar-refractivity contribution in [2.75, 3.05) is 18.2 Å². The van der Waals surface area contributed by atoms with Gasteiger partial charge in [-0.1, -0.05) is 0 Å². The topological polar surface area (TPSA) is 56.5 Å². The maximum absolute atomic E-state index is 5.92. The number of methoxy groups -OCH3 is 1. The second kappa shape index (κ2) is 6.72.